The Kier molecular flexibility index (Phi) is 11.4. The predicted octanol–water partition coefficient (Wildman–Crippen LogP) is 10.6. The van der Waals surface area contributed by atoms with Crippen LogP contribution in [0.3, 0.4) is 0 Å². The van der Waals surface area contributed by atoms with Gasteiger partial charge in [0.05, 0.1) is 0 Å². The number of hydrogen-bond acceptors (Lipinski definition) is 0. The molecule has 0 saturated heterocycles. The van der Waals surface area contributed by atoms with E-state index in [-0.39, 0.29) is 5.41 Å². The molecule has 0 N–H and O–H groups in total. The van der Waals surface area contributed by atoms with Gasteiger partial charge in [-0.25, -0.2) is 0 Å². The summed E-state index contributed by atoms with van der Waals surface area (Å²) in [5, 5.41) is 0. The van der Waals surface area contributed by atoms with Crippen molar-refractivity contribution in [1.82, 2.24) is 0 Å². The maximum atomic E-state index is 4.39. The van der Waals surface area contributed by atoms with Crippen LogP contribution in [0.15, 0.2) is 113 Å². The standard InChI is InChI=1S/C34H42.C2H6/c1-25(2)32(24-34(6,7)31-19-13-14-20-31)33(26(3)4)27(5)21-22-29-17-11-12-18-30(29)23-28-15-9-8-10-16-28;1-2/h8-19,24,26H,1,20-23H2,2-7H3;1-2H3/b32-24-,33-27+;. The van der Waals surface area contributed by atoms with Crippen LogP contribution in [-0.4, -0.2) is 0 Å². The van der Waals surface area contributed by atoms with E-state index in [1.54, 1.807) is 0 Å². The molecule has 0 saturated carbocycles. The van der Waals surface area contributed by atoms with Gasteiger partial charge in [0, 0.05) is 5.41 Å². The van der Waals surface area contributed by atoms with E-state index in [2.05, 4.69) is 127 Å². The second-order valence-electron chi connectivity index (χ2n) is 10.7. The highest BCUT2D eigenvalue weighted by Gasteiger charge is 2.24. The Morgan fingerprint density at radius 2 is 1.56 bits per heavy atom. The van der Waals surface area contributed by atoms with Gasteiger partial charge in [-0.05, 0) is 73.3 Å². The molecule has 0 aliphatic heterocycles. The molecular weight excluding hydrogens is 432 g/mol. The SMILES string of the molecule is C=C(C)C(=C/C(C)(C)C1=CC=CC1)/C(=C(\C)CCc1ccccc1Cc1ccccc1)C(C)C.CC. The van der Waals surface area contributed by atoms with Gasteiger partial charge >= 0.3 is 0 Å². The summed E-state index contributed by atoms with van der Waals surface area (Å²) in [5.74, 6) is 0.453. The van der Waals surface area contributed by atoms with Crippen LogP contribution < -0.4 is 0 Å². The fourth-order valence-electron chi connectivity index (χ4n) is 5.09. The number of aryl methyl sites for hydroxylation is 1. The number of allylic oxidation sites excluding steroid dienone is 9. The number of rotatable bonds is 10. The van der Waals surface area contributed by atoms with Gasteiger partial charge in [-0.15, -0.1) is 0 Å². The number of hydrogen-bond donors (Lipinski definition) is 0. The normalized spacial score (nSPS) is 14.2. The molecule has 36 heavy (non-hydrogen) atoms. The van der Waals surface area contributed by atoms with Gasteiger partial charge in [0.1, 0.15) is 0 Å². The first-order chi connectivity index (χ1) is 17.2. The zero-order valence-corrected chi connectivity index (χ0v) is 24.1. The predicted molar refractivity (Wildman–Crippen MR) is 161 cm³/mol. The largest absolute Gasteiger partial charge is 0.0955 e. The molecule has 0 amide bonds. The van der Waals surface area contributed by atoms with Crippen molar-refractivity contribution in [2.24, 2.45) is 11.3 Å². The molecule has 0 unspecified atom stereocenters. The highest BCUT2D eigenvalue weighted by atomic mass is 14.3. The van der Waals surface area contributed by atoms with E-state index < -0.39 is 0 Å². The summed E-state index contributed by atoms with van der Waals surface area (Å²) < 4.78 is 0. The van der Waals surface area contributed by atoms with E-state index in [0.717, 1.165) is 31.3 Å². The third kappa shape index (κ3) is 8.09. The molecule has 0 radical (unpaired) electrons. The van der Waals surface area contributed by atoms with E-state index in [4.69, 9.17) is 0 Å². The molecule has 1 aliphatic carbocycles. The van der Waals surface area contributed by atoms with Gasteiger partial charge in [-0.2, -0.15) is 0 Å². The van der Waals surface area contributed by atoms with E-state index in [1.807, 2.05) is 13.8 Å². The molecule has 0 aromatic heterocycles. The van der Waals surface area contributed by atoms with Crippen molar-refractivity contribution >= 4 is 0 Å². The summed E-state index contributed by atoms with van der Waals surface area (Å²) in [6.45, 7) is 22.2. The average Bonchev–Trinajstić information content (AvgIpc) is 3.41. The first-order valence-electron chi connectivity index (χ1n) is 13.7. The molecule has 0 atom stereocenters. The topological polar surface area (TPSA) is 0 Å². The highest BCUT2D eigenvalue weighted by Crippen LogP contribution is 2.39. The van der Waals surface area contributed by atoms with E-state index in [1.165, 1.54) is 39.0 Å². The van der Waals surface area contributed by atoms with Crippen molar-refractivity contribution in [3.63, 3.8) is 0 Å². The van der Waals surface area contributed by atoms with Crippen LogP contribution in [0.25, 0.3) is 0 Å². The maximum Gasteiger partial charge on any atom is 0.00496 e. The molecule has 2 aromatic carbocycles. The maximum absolute atomic E-state index is 4.39. The Morgan fingerprint density at radius 1 is 0.944 bits per heavy atom. The molecule has 2 aromatic rings. The highest BCUT2D eigenvalue weighted by molar-refractivity contribution is 5.50. The summed E-state index contributed by atoms with van der Waals surface area (Å²) in [5.41, 5.74) is 11.2. The van der Waals surface area contributed by atoms with Crippen LogP contribution in [0.4, 0.5) is 0 Å². The van der Waals surface area contributed by atoms with Crippen molar-refractivity contribution in [2.75, 3.05) is 0 Å². The van der Waals surface area contributed by atoms with Gasteiger partial charge in [0.2, 0.25) is 0 Å². The van der Waals surface area contributed by atoms with Crippen LogP contribution in [0.1, 0.15) is 84.9 Å². The molecule has 0 heterocycles. The smallest absolute Gasteiger partial charge is 0.00496 e. The van der Waals surface area contributed by atoms with Crippen molar-refractivity contribution in [1.29, 1.82) is 0 Å². The summed E-state index contributed by atoms with van der Waals surface area (Å²) in [6, 6.07) is 19.7. The fraction of sp³-hybridized carbons (Fsp3) is 0.389. The molecule has 1 aliphatic rings. The Bertz CT molecular complexity index is 1110. The lowest BCUT2D eigenvalue weighted by atomic mass is 9.77. The lowest BCUT2D eigenvalue weighted by molar-refractivity contribution is 0.565. The Hall–Kier alpha value is -2.86. The average molecular weight is 481 g/mol. The zero-order valence-electron chi connectivity index (χ0n) is 24.1. The molecule has 192 valence electrons. The first kappa shape index (κ1) is 29.4. The van der Waals surface area contributed by atoms with Crippen LogP contribution in [-0.2, 0) is 12.8 Å². The number of benzene rings is 2. The molecule has 0 fully saturated rings. The molecule has 0 spiro atoms. The third-order valence-corrected chi connectivity index (χ3v) is 7.02. The Balaban J connectivity index is 0.00000222. The van der Waals surface area contributed by atoms with E-state index in [9.17, 15) is 0 Å². The summed E-state index contributed by atoms with van der Waals surface area (Å²) in [7, 11) is 0. The van der Waals surface area contributed by atoms with Crippen LogP contribution in [0.2, 0.25) is 0 Å². The second-order valence-corrected chi connectivity index (χ2v) is 10.7. The lowest BCUT2D eigenvalue weighted by Crippen LogP contribution is -2.14. The van der Waals surface area contributed by atoms with Gasteiger partial charge in [-0.1, -0.05) is 144 Å². The molecule has 0 bridgehead atoms. The molecule has 0 nitrogen and oxygen atoms in total. The van der Waals surface area contributed by atoms with Crippen molar-refractivity contribution in [3.8, 4) is 0 Å². The third-order valence-electron chi connectivity index (χ3n) is 7.02. The molecular formula is C36H48. The Morgan fingerprint density at radius 3 is 2.11 bits per heavy atom. The van der Waals surface area contributed by atoms with Crippen LogP contribution in [0, 0.1) is 11.3 Å². The Labute approximate surface area is 222 Å². The summed E-state index contributed by atoms with van der Waals surface area (Å²) in [6.07, 6.45) is 13.3. The summed E-state index contributed by atoms with van der Waals surface area (Å²) in [4.78, 5) is 0. The van der Waals surface area contributed by atoms with Gasteiger partial charge in [-0.3, -0.25) is 0 Å². The van der Waals surface area contributed by atoms with Crippen molar-refractivity contribution in [3.05, 3.63) is 130 Å². The molecule has 3 rings (SSSR count). The fourth-order valence-corrected chi connectivity index (χ4v) is 5.09. The van der Waals surface area contributed by atoms with Gasteiger partial charge in [0.25, 0.3) is 0 Å². The van der Waals surface area contributed by atoms with Crippen LogP contribution in [0.5, 0.6) is 0 Å². The molecule has 0 heteroatoms. The van der Waals surface area contributed by atoms with Gasteiger partial charge < -0.3 is 0 Å². The van der Waals surface area contributed by atoms with Crippen molar-refractivity contribution < 1.29 is 0 Å². The van der Waals surface area contributed by atoms with Crippen LogP contribution >= 0.6 is 0 Å². The van der Waals surface area contributed by atoms with E-state index in [0.29, 0.717) is 5.92 Å². The second kappa shape index (κ2) is 14.0. The first-order valence-corrected chi connectivity index (χ1v) is 13.7. The monoisotopic (exact) mass is 480 g/mol. The van der Waals surface area contributed by atoms with Gasteiger partial charge in [0.15, 0.2) is 0 Å². The minimum atomic E-state index is 0.0144. The summed E-state index contributed by atoms with van der Waals surface area (Å²) >= 11 is 0. The van der Waals surface area contributed by atoms with Crippen molar-refractivity contribution in [2.45, 2.75) is 81.1 Å². The quantitative estimate of drug-likeness (QED) is 0.297. The van der Waals surface area contributed by atoms with E-state index >= 15 is 0 Å². The lowest BCUT2D eigenvalue weighted by Gasteiger charge is -2.28. The minimum Gasteiger partial charge on any atom is -0.0955 e. The minimum absolute atomic E-state index is 0.0144. The zero-order chi connectivity index (χ0) is 26.7.